The zero-order chi connectivity index (χ0) is 14.2. The van der Waals surface area contributed by atoms with Gasteiger partial charge >= 0.3 is 0 Å². The van der Waals surface area contributed by atoms with E-state index in [0.717, 1.165) is 11.1 Å². The summed E-state index contributed by atoms with van der Waals surface area (Å²) in [5, 5.41) is 5.91. The van der Waals surface area contributed by atoms with Gasteiger partial charge in [-0.3, -0.25) is 4.98 Å². The van der Waals surface area contributed by atoms with Crippen LogP contribution in [-0.2, 0) is 0 Å². The van der Waals surface area contributed by atoms with E-state index in [1.807, 2.05) is 24.5 Å². The molecule has 1 saturated carbocycles. The molecule has 0 unspecified atom stereocenters. The second kappa shape index (κ2) is 4.97. The van der Waals surface area contributed by atoms with Crippen LogP contribution in [0.1, 0.15) is 39.5 Å². The van der Waals surface area contributed by atoms with Crippen molar-refractivity contribution in [2.75, 3.05) is 11.1 Å². The minimum absolute atomic E-state index is 0.505. The summed E-state index contributed by atoms with van der Waals surface area (Å²) in [5.74, 6) is 0. The Labute approximate surface area is 120 Å². The fraction of sp³-hybridized carbons (Fsp3) is 0.471. The van der Waals surface area contributed by atoms with E-state index in [0.29, 0.717) is 11.5 Å². The highest BCUT2D eigenvalue weighted by molar-refractivity contribution is 6.00. The van der Waals surface area contributed by atoms with E-state index < -0.39 is 0 Å². The van der Waals surface area contributed by atoms with Crippen LogP contribution in [0.3, 0.4) is 0 Å². The topological polar surface area (TPSA) is 50.9 Å². The van der Waals surface area contributed by atoms with E-state index in [1.54, 1.807) is 0 Å². The third-order valence-corrected chi connectivity index (χ3v) is 4.55. The Hall–Kier alpha value is -1.77. The molecular weight excluding hydrogens is 246 g/mol. The molecule has 0 bridgehead atoms. The molecule has 3 heteroatoms. The van der Waals surface area contributed by atoms with E-state index in [9.17, 15) is 0 Å². The molecule has 0 spiro atoms. The molecule has 0 atom stereocenters. The number of hydrogen-bond acceptors (Lipinski definition) is 3. The fourth-order valence-electron chi connectivity index (χ4n) is 3.10. The minimum atomic E-state index is 0.505. The van der Waals surface area contributed by atoms with Gasteiger partial charge in [-0.2, -0.15) is 0 Å². The molecule has 0 aliphatic heterocycles. The first kappa shape index (κ1) is 13.2. The average Bonchev–Trinajstić information content (AvgIpc) is 2.44. The summed E-state index contributed by atoms with van der Waals surface area (Å²) in [4.78, 5) is 4.17. The quantitative estimate of drug-likeness (QED) is 0.803. The summed E-state index contributed by atoms with van der Waals surface area (Å²) in [6.07, 6.45) is 8.74. The van der Waals surface area contributed by atoms with Crippen LogP contribution in [-0.4, -0.2) is 11.0 Å². The smallest absolute Gasteiger partial charge is 0.0424 e. The van der Waals surface area contributed by atoms with Crippen LogP contribution in [0.25, 0.3) is 10.8 Å². The molecule has 3 N–H and O–H groups in total. The monoisotopic (exact) mass is 269 g/mol. The van der Waals surface area contributed by atoms with E-state index in [2.05, 4.69) is 30.2 Å². The molecule has 1 aliphatic carbocycles. The summed E-state index contributed by atoms with van der Waals surface area (Å²) in [6, 6.07) is 6.68. The van der Waals surface area contributed by atoms with Crippen LogP contribution in [0, 0.1) is 5.41 Å². The highest BCUT2D eigenvalue weighted by atomic mass is 14.9. The number of nitrogen functional groups attached to an aromatic ring is 1. The number of fused-ring (bicyclic) bond motifs is 1. The van der Waals surface area contributed by atoms with Crippen molar-refractivity contribution >= 4 is 22.1 Å². The first-order chi connectivity index (χ1) is 9.55. The number of nitrogens with two attached hydrogens (primary N) is 1. The molecule has 1 fully saturated rings. The van der Waals surface area contributed by atoms with E-state index in [1.165, 1.54) is 36.8 Å². The number of nitrogens with one attached hydrogen (secondary N) is 1. The molecule has 0 radical (unpaired) electrons. The second-order valence-electron chi connectivity index (χ2n) is 6.71. The first-order valence-corrected chi connectivity index (χ1v) is 7.44. The highest BCUT2D eigenvalue weighted by Gasteiger charge is 2.26. The Morgan fingerprint density at radius 3 is 2.65 bits per heavy atom. The SMILES string of the molecule is CC1(C)CCC(Nc2ccc(N)c3cnccc23)CC1. The summed E-state index contributed by atoms with van der Waals surface area (Å²) >= 11 is 0. The normalized spacial score (nSPS) is 19.1. The lowest BCUT2D eigenvalue weighted by Gasteiger charge is -2.35. The van der Waals surface area contributed by atoms with Crippen LogP contribution in [0.15, 0.2) is 30.6 Å². The van der Waals surface area contributed by atoms with Gasteiger partial charge in [-0.15, -0.1) is 0 Å². The summed E-state index contributed by atoms with van der Waals surface area (Å²) in [5.41, 5.74) is 8.51. The van der Waals surface area contributed by atoms with E-state index >= 15 is 0 Å². The molecule has 1 aliphatic rings. The average molecular weight is 269 g/mol. The molecule has 1 aromatic heterocycles. The maximum atomic E-state index is 6.03. The Balaban J connectivity index is 1.83. The minimum Gasteiger partial charge on any atom is -0.398 e. The molecule has 0 saturated heterocycles. The Bertz CT molecular complexity index is 609. The van der Waals surface area contributed by atoms with Crippen LogP contribution in [0.5, 0.6) is 0 Å². The number of nitrogens with zero attached hydrogens (tertiary/aromatic N) is 1. The Morgan fingerprint density at radius 1 is 1.15 bits per heavy atom. The molecule has 3 nitrogen and oxygen atoms in total. The summed E-state index contributed by atoms with van der Waals surface area (Å²) in [6.45, 7) is 4.74. The van der Waals surface area contributed by atoms with Gasteiger partial charge in [0, 0.05) is 40.6 Å². The number of rotatable bonds is 2. The lowest BCUT2D eigenvalue weighted by molar-refractivity contribution is 0.232. The van der Waals surface area contributed by atoms with Gasteiger partial charge in [0.2, 0.25) is 0 Å². The van der Waals surface area contributed by atoms with Gasteiger partial charge in [0.25, 0.3) is 0 Å². The molecule has 3 rings (SSSR count). The third-order valence-electron chi connectivity index (χ3n) is 4.55. The second-order valence-corrected chi connectivity index (χ2v) is 6.71. The van der Waals surface area contributed by atoms with Crippen molar-refractivity contribution < 1.29 is 0 Å². The van der Waals surface area contributed by atoms with Gasteiger partial charge < -0.3 is 11.1 Å². The van der Waals surface area contributed by atoms with Gasteiger partial charge in [0.1, 0.15) is 0 Å². The first-order valence-electron chi connectivity index (χ1n) is 7.44. The lowest BCUT2D eigenvalue weighted by Crippen LogP contribution is -2.29. The molecule has 1 aromatic carbocycles. The molecule has 20 heavy (non-hydrogen) atoms. The predicted octanol–water partition coefficient (Wildman–Crippen LogP) is 4.20. The number of anilines is 2. The predicted molar refractivity (Wildman–Crippen MR) is 85.8 cm³/mol. The summed E-state index contributed by atoms with van der Waals surface area (Å²) in [7, 11) is 0. The van der Waals surface area contributed by atoms with Crippen molar-refractivity contribution in [1.82, 2.24) is 4.98 Å². The molecular formula is C17H23N3. The van der Waals surface area contributed by atoms with Gasteiger partial charge in [-0.1, -0.05) is 13.8 Å². The lowest BCUT2D eigenvalue weighted by atomic mass is 9.75. The number of aromatic nitrogens is 1. The maximum absolute atomic E-state index is 6.03. The molecule has 0 amide bonds. The van der Waals surface area contributed by atoms with Crippen molar-refractivity contribution in [3.63, 3.8) is 0 Å². The number of benzene rings is 1. The van der Waals surface area contributed by atoms with E-state index in [-0.39, 0.29) is 0 Å². The Kier molecular flexibility index (Phi) is 3.28. The standard InChI is InChI=1S/C17H23N3/c1-17(2)8-5-12(6-9-17)20-16-4-3-15(18)14-11-19-10-7-13(14)16/h3-4,7,10-12,20H,5-6,8-9,18H2,1-2H3. The van der Waals surface area contributed by atoms with Crippen LogP contribution in [0.2, 0.25) is 0 Å². The van der Waals surface area contributed by atoms with Gasteiger partial charge in [0.05, 0.1) is 0 Å². The highest BCUT2D eigenvalue weighted by Crippen LogP contribution is 2.37. The van der Waals surface area contributed by atoms with Crippen molar-refractivity contribution in [2.24, 2.45) is 5.41 Å². The number of pyridine rings is 1. The van der Waals surface area contributed by atoms with Crippen molar-refractivity contribution in [3.8, 4) is 0 Å². The Morgan fingerprint density at radius 2 is 1.90 bits per heavy atom. The zero-order valence-electron chi connectivity index (χ0n) is 12.3. The molecule has 2 aromatic rings. The van der Waals surface area contributed by atoms with Gasteiger partial charge in [0.15, 0.2) is 0 Å². The largest absolute Gasteiger partial charge is 0.398 e. The fourth-order valence-corrected chi connectivity index (χ4v) is 3.10. The zero-order valence-corrected chi connectivity index (χ0v) is 12.3. The molecule has 1 heterocycles. The third kappa shape index (κ3) is 2.58. The van der Waals surface area contributed by atoms with Crippen molar-refractivity contribution in [1.29, 1.82) is 0 Å². The van der Waals surface area contributed by atoms with Crippen LogP contribution < -0.4 is 11.1 Å². The summed E-state index contributed by atoms with van der Waals surface area (Å²) < 4.78 is 0. The maximum Gasteiger partial charge on any atom is 0.0424 e. The van der Waals surface area contributed by atoms with Crippen molar-refractivity contribution in [2.45, 2.75) is 45.6 Å². The van der Waals surface area contributed by atoms with Crippen LogP contribution >= 0.6 is 0 Å². The van der Waals surface area contributed by atoms with Crippen LogP contribution in [0.4, 0.5) is 11.4 Å². The van der Waals surface area contributed by atoms with E-state index in [4.69, 9.17) is 5.73 Å². The number of hydrogen-bond donors (Lipinski definition) is 2. The van der Waals surface area contributed by atoms with Gasteiger partial charge in [-0.05, 0) is 49.3 Å². The van der Waals surface area contributed by atoms with Crippen molar-refractivity contribution in [3.05, 3.63) is 30.6 Å². The van der Waals surface area contributed by atoms with Gasteiger partial charge in [-0.25, -0.2) is 0 Å². The molecule has 106 valence electrons.